The van der Waals surface area contributed by atoms with Gasteiger partial charge in [-0.2, -0.15) is 0 Å². The third-order valence-electron chi connectivity index (χ3n) is 11.7. The van der Waals surface area contributed by atoms with Gasteiger partial charge in [-0.05, 0) is 90.7 Å². The average Bonchev–Trinajstić information content (AvgIpc) is 3.50. The molecule has 0 bridgehead atoms. The van der Waals surface area contributed by atoms with Crippen molar-refractivity contribution in [2.24, 2.45) is 0 Å². The van der Waals surface area contributed by atoms with E-state index in [4.69, 9.17) is 0 Å². The van der Waals surface area contributed by atoms with Crippen molar-refractivity contribution in [3.05, 3.63) is 223 Å². The summed E-state index contributed by atoms with van der Waals surface area (Å²) in [5.41, 5.74) is 18.2. The first-order valence-corrected chi connectivity index (χ1v) is 19.5. The molecule has 0 atom stereocenters. The molecule has 0 saturated heterocycles. The van der Waals surface area contributed by atoms with Crippen LogP contribution in [0.25, 0.3) is 66.4 Å². The zero-order valence-electron chi connectivity index (χ0n) is 31.7. The molecular formula is C55H41N. The highest BCUT2D eigenvalue weighted by Gasteiger charge is 2.38. The molecule has 10 rings (SSSR count). The molecule has 56 heavy (non-hydrogen) atoms. The maximum absolute atomic E-state index is 2.50. The number of nitrogens with zero attached hydrogens (tertiary/aromatic N) is 1. The number of hydrogen-bond acceptors (Lipinski definition) is 1. The minimum Gasteiger partial charge on any atom is -0.309 e. The van der Waals surface area contributed by atoms with E-state index >= 15 is 0 Å². The van der Waals surface area contributed by atoms with Gasteiger partial charge in [-0.3, -0.25) is 0 Å². The molecule has 0 unspecified atom stereocenters. The van der Waals surface area contributed by atoms with Crippen molar-refractivity contribution in [2.75, 3.05) is 4.90 Å². The highest BCUT2D eigenvalue weighted by Crippen LogP contribution is 2.55. The molecule has 0 aromatic heterocycles. The van der Waals surface area contributed by atoms with Crippen LogP contribution in [0.5, 0.6) is 0 Å². The summed E-state index contributed by atoms with van der Waals surface area (Å²) in [6.07, 6.45) is 0. The fourth-order valence-corrected chi connectivity index (χ4v) is 8.97. The summed E-state index contributed by atoms with van der Waals surface area (Å²) in [4.78, 5) is 2.50. The zero-order chi connectivity index (χ0) is 37.6. The lowest BCUT2D eigenvalue weighted by molar-refractivity contribution is 0.660. The molecule has 1 nitrogen and oxygen atoms in total. The monoisotopic (exact) mass is 715 g/mol. The number of anilines is 3. The van der Waals surface area contributed by atoms with Crippen molar-refractivity contribution in [3.8, 4) is 55.6 Å². The Bertz CT molecular complexity index is 2880. The van der Waals surface area contributed by atoms with E-state index in [1.54, 1.807) is 0 Å². The van der Waals surface area contributed by atoms with E-state index in [2.05, 4.69) is 231 Å². The fraction of sp³-hybridized carbons (Fsp3) is 0.0545. The molecule has 0 heterocycles. The maximum atomic E-state index is 2.50. The van der Waals surface area contributed by atoms with Crippen LogP contribution in [0, 0.1) is 0 Å². The number of rotatable bonds is 7. The summed E-state index contributed by atoms with van der Waals surface area (Å²) in [5.74, 6) is 0. The van der Waals surface area contributed by atoms with Gasteiger partial charge in [0.2, 0.25) is 0 Å². The third kappa shape index (κ3) is 5.63. The molecule has 1 aliphatic carbocycles. The molecule has 9 aromatic carbocycles. The quantitative estimate of drug-likeness (QED) is 0.159. The molecule has 1 heteroatoms. The van der Waals surface area contributed by atoms with Gasteiger partial charge in [0.25, 0.3) is 0 Å². The van der Waals surface area contributed by atoms with E-state index < -0.39 is 0 Å². The van der Waals surface area contributed by atoms with E-state index in [-0.39, 0.29) is 5.41 Å². The lowest BCUT2D eigenvalue weighted by Crippen LogP contribution is -2.16. The molecular weight excluding hydrogens is 675 g/mol. The molecule has 0 radical (unpaired) electrons. The van der Waals surface area contributed by atoms with Crippen LogP contribution in [0.15, 0.2) is 212 Å². The lowest BCUT2D eigenvalue weighted by atomic mass is 9.82. The number of benzene rings is 9. The first-order valence-electron chi connectivity index (χ1n) is 19.5. The van der Waals surface area contributed by atoms with Gasteiger partial charge in [-0.15, -0.1) is 0 Å². The van der Waals surface area contributed by atoms with Gasteiger partial charge in [0, 0.05) is 22.2 Å². The fourth-order valence-electron chi connectivity index (χ4n) is 8.97. The van der Waals surface area contributed by atoms with Crippen molar-refractivity contribution in [1.29, 1.82) is 0 Å². The molecule has 266 valence electrons. The van der Waals surface area contributed by atoms with Crippen LogP contribution in [0.3, 0.4) is 0 Å². The van der Waals surface area contributed by atoms with Crippen LogP contribution in [0.1, 0.15) is 25.0 Å². The van der Waals surface area contributed by atoms with E-state index in [0.29, 0.717) is 0 Å². The third-order valence-corrected chi connectivity index (χ3v) is 11.7. The van der Waals surface area contributed by atoms with Gasteiger partial charge < -0.3 is 4.90 Å². The van der Waals surface area contributed by atoms with E-state index in [1.807, 2.05) is 0 Å². The van der Waals surface area contributed by atoms with Gasteiger partial charge in [0.05, 0.1) is 11.4 Å². The number of para-hydroxylation sites is 1. The van der Waals surface area contributed by atoms with Gasteiger partial charge in [-0.1, -0.05) is 202 Å². The first-order chi connectivity index (χ1) is 27.6. The van der Waals surface area contributed by atoms with Crippen LogP contribution in [-0.4, -0.2) is 0 Å². The first kappa shape index (κ1) is 33.6. The second-order valence-electron chi connectivity index (χ2n) is 15.3. The Hall–Kier alpha value is -6.96. The summed E-state index contributed by atoms with van der Waals surface area (Å²) < 4.78 is 0. The largest absolute Gasteiger partial charge is 0.309 e. The molecule has 0 aliphatic heterocycles. The molecule has 0 spiro atoms. The van der Waals surface area contributed by atoms with Crippen molar-refractivity contribution in [2.45, 2.75) is 19.3 Å². The summed E-state index contributed by atoms with van der Waals surface area (Å²) in [6, 6.07) is 77.6. The lowest BCUT2D eigenvalue weighted by Gasteiger charge is -2.31. The van der Waals surface area contributed by atoms with E-state index in [0.717, 1.165) is 11.4 Å². The minimum atomic E-state index is -0.124. The standard InChI is InChI=1S/C55H41N/c1-55(2)50-29-12-10-27-49(50)54-51(55)30-16-32-53(54)56(43-22-14-21-42(37-43)47-25-9-8-24-45(47)38-17-4-3-5-18-38)52-31-13-11-26-48(52)41-35-33-40(34-36-41)46-28-15-20-39-19-6-7-23-44(39)46/h3-37H,1-2H3. The predicted octanol–water partition coefficient (Wildman–Crippen LogP) is 15.3. The van der Waals surface area contributed by atoms with Gasteiger partial charge in [0.15, 0.2) is 0 Å². The van der Waals surface area contributed by atoms with Crippen LogP contribution < -0.4 is 4.90 Å². The Kier molecular flexibility index (Phi) is 8.23. The molecule has 9 aromatic rings. The predicted molar refractivity (Wildman–Crippen MR) is 238 cm³/mol. The van der Waals surface area contributed by atoms with Gasteiger partial charge >= 0.3 is 0 Å². The zero-order valence-corrected chi connectivity index (χ0v) is 31.7. The van der Waals surface area contributed by atoms with Crippen molar-refractivity contribution in [1.82, 2.24) is 0 Å². The normalized spacial score (nSPS) is 12.6. The van der Waals surface area contributed by atoms with Crippen LogP contribution in [-0.2, 0) is 5.41 Å². The highest BCUT2D eigenvalue weighted by molar-refractivity contribution is 6.00. The maximum Gasteiger partial charge on any atom is 0.0543 e. The van der Waals surface area contributed by atoms with Gasteiger partial charge in [0.1, 0.15) is 0 Å². The van der Waals surface area contributed by atoms with Crippen LogP contribution >= 0.6 is 0 Å². The SMILES string of the molecule is CC1(C)c2ccccc2-c2c(N(c3cccc(-c4ccccc4-c4ccccc4)c3)c3ccccc3-c3ccc(-c4cccc5ccccc45)cc3)cccc21. The van der Waals surface area contributed by atoms with Crippen molar-refractivity contribution in [3.63, 3.8) is 0 Å². The highest BCUT2D eigenvalue weighted by atomic mass is 15.1. The molecule has 0 fully saturated rings. The smallest absolute Gasteiger partial charge is 0.0543 e. The Morgan fingerprint density at radius 1 is 0.339 bits per heavy atom. The number of hydrogen-bond donors (Lipinski definition) is 0. The Morgan fingerprint density at radius 3 is 1.64 bits per heavy atom. The minimum absolute atomic E-state index is 0.124. The topological polar surface area (TPSA) is 3.24 Å². The van der Waals surface area contributed by atoms with E-state index in [1.165, 1.54) is 83.2 Å². The summed E-state index contributed by atoms with van der Waals surface area (Å²) in [5, 5.41) is 2.52. The molecule has 0 N–H and O–H groups in total. The molecule has 0 amide bonds. The van der Waals surface area contributed by atoms with Crippen LogP contribution in [0.2, 0.25) is 0 Å². The van der Waals surface area contributed by atoms with E-state index in [9.17, 15) is 0 Å². The van der Waals surface area contributed by atoms with Crippen LogP contribution in [0.4, 0.5) is 17.1 Å². The van der Waals surface area contributed by atoms with Crippen molar-refractivity contribution < 1.29 is 0 Å². The second-order valence-corrected chi connectivity index (χ2v) is 15.3. The summed E-state index contributed by atoms with van der Waals surface area (Å²) in [7, 11) is 0. The second kappa shape index (κ2) is 13.7. The Morgan fingerprint density at radius 2 is 0.839 bits per heavy atom. The molecule has 1 aliphatic rings. The average molecular weight is 716 g/mol. The Labute approximate surface area is 329 Å². The van der Waals surface area contributed by atoms with Gasteiger partial charge in [-0.25, -0.2) is 0 Å². The Balaban J connectivity index is 1.17. The summed E-state index contributed by atoms with van der Waals surface area (Å²) >= 11 is 0. The summed E-state index contributed by atoms with van der Waals surface area (Å²) in [6.45, 7) is 4.72. The number of fused-ring (bicyclic) bond motifs is 4. The molecule has 0 saturated carbocycles. The van der Waals surface area contributed by atoms with Crippen molar-refractivity contribution >= 4 is 27.8 Å².